The molecule has 0 amide bonds. The molecular formula is C23H25N3. The summed E-state index contributed by atoms with van der Waals surface area (Å²) in [4.78, 5) is 7.15. The minimum absolute atomic E-state index is 0.372. The average molecular weight is 343 g/mol. The molecule has 0 bridgehead atoms. The summed E-state index contributed by atoms with van der Waals surface area (Å²) in [6.45, 7) is 4.28. The molecule has 1 atom stereocenters. The van der Waals surface area contributed by atoms with Crippen molar-refractivity contribution in [1.29, 1.82) is 0 Å². The van der Waals surface area contributed by atoms with Gasteiger partial charge in [0.2, 0.25) is 0 Å². The summed E-state index contributed by atoms with van der Waals surface area (Å²) < 4.78 is 0. The zero-order valence-electron chi connectivity index (χ0n) is 15.0. The summed E-state index contributed by atoms with van der Waals surface area (Å²) in [7, 11) is 0. The van der Waals surface area contributed by atoms with E-state index in [1.54, 1.807) is 0 Å². The standard InChI is InChI=1S/C23H25N3/c1-2-6-19(7-3-1)20-9-11-21(12-10-20)23(26-16-14-24-15-17-26)18-22-8-4-5-13-25-22/h1-13,23-24H,14-18H2. The van der Waals surface area contributed by atoms with Crippen molar-refractivity contribution in [1.82, 2.24) is 15.2 Å². The van der Waals surface area contributed by atoms with Gasteiger partial charge in [0, 0.05) is 50.5 Å². The lowest BCUT2D eigenvalue weighted by atomic mass is 9.96. The summed E-state index contributed by atoms with van der Waals surface area (Å²) in [6.07, 6.45) is 2.84. The molecule has 2 aromatic carbocycles. The molecule has 2 heterocycles. The third-order valence-corrected chi connectivity index (χ3v) is 5.12. The Hall–Kier alpha value is -2.49. The van der Waals surface area contributed by atoms with Gasteiger partial charge in [-0.2, -0.15) is 0 Å². The summed E-state index contributed by atoms with van der Waals surface area (Å²) in [6, 6.07) is 26.2. The van der Waals surface area contributed by atoms with E-state index in [9.17, 15) is 0 Å². The van der Waals surface area contributed by atoms with Crippen LogP contribution in [0.2, 0.25) is 0 Å². The van der Waals surface area contributed by atoms with Crippen LogP contribution in [0.15, 0.2) is 79.0 Å². The van der Waals surface area contributed by atoms with E-state index >= 15 is 0 Å². The maximum Gasteiger partial charge on any atom is 0.0422 e. The molecule has 1 aromatic heterocycles. The molecule has 3 aromatic rings. The molecule has 0 spiro atoms. The highest BCUT2D eigenvalue weighted by Gasteiger charge is 2.23. The van der Waals surface area contributed by atoms with Crippen molar-refractivity contribution in [3.63, 3.8) is 0 Å². The number of pyridine rings is 1. The van der Waals surface area contributed by atoms with Crippen molar-refractivity contribution in [2.75, 3.05) is 26.2 Å². The fourth-order valence-electron chi connectivity index (χ4n) is 3.70. The molecule has 4 rings (SSSR count). The highest BCUT2D eigenvalue weighted by Crippen LogP contribution is 2.27. The molecule has 0 saturated carbocycles. The first-order valence-corrected chi connectivity index (χ1v) is 9.40. The van der Waals surface area contributed by atoms with E-state index in [1.807, 2.05) is 12.3 Å². The first-order valence-electron chi connectivity index (χ1n) is 9.40. The maximum atomic E-state index is 4.56. The highest BCUT2D eigenvalue weighted by molar-refractivity contribution is 5.63. The van der Waals surface area contributed by atoms with Crippen LogP contribution in [0.1, 0.15) is 17.3 Å². The van der Waals surface area contributed by atoms with Gasteiger partial charge >= 0.3 is 0 Å². The van der Waals surface area contributed by atoms with Crippen LogP contribution >= 0.6 is 0 Å². The van der Waals surface area contributed by atoms with Crippen molar-refractivity contribution >= 4 is 0 Å². The van der Waals surface area contributed by atoms with Crippen LogP contribution in [-0.4, -0.2) is 36.1 Å². The molecule has 1 saturated heterocycles. The summed E-state index contributed by atoms with van der Waals surface area (Å²) in [5.41, 5.74) is 5.06. The van der Waals surface area contributed by atoms with Crippen LogP contribution in [0.4, 0.5) is 0 Å². The quantitative estimate of drug-likeness (QED) is 0.761. The molecule has 3 nitrogen and oxygen atoms in total. The number of hydrogen-bond acceptors (Lipinski definition) is 3. The van der Waals surface area contributed by atoms with Crippen LogP contribution in [0.3, 0.4) is 0 Å². The van der Waals surface area contributed by atoms with Gasteiger partial charge in [-0.15, -0.1) is 0 Å². The van der Waals surface area contributed by atoms with Crippen LogP contribution in [-0.2, 0) is 6.42 Å². The number of nitrogens with one attached hydrogen (secondary N) is 1. The van der Waals surface area contributed by atoms with E-state index in [2.05, 4.69) is 81.9 Å². The number of hydrogen-bond donors (Lipinski definition) is 1. The van der Waals surface area contributed by atoms with Gasteiger partial charge in [-0.05, 0) is 28.8 Å². The highest BCUT2D eigenvalue weighted by atomic mass is 15.2. The van der Waals surface area contributed by atoms with Crippen LogP contribution in [0.5, 0.6) is 0 Å². The molecule has 1 aliphatic heterocycles. The lowest BCUT2D eigenvalue weighted by Gasteiger charge is -2.35. The molecule has 1 aliphatic rings. The largest absolute Gasteiger partial charge is 0.314 e. The molecule has 0 aliphatic carbocycles. The zero-order chi connectivity index (χ0) is 17.6. The van der Waals surface area contributed by atoms with Gasteiger partial charge in [0.1, 0.15) is 0 Å². The van der Waals surface area contributed by atoms with E-state index in [4.69, 9.17) is 0 Å². The van der Waals surface area contributed by atoms with Crippen LogP contribution in [0.25, 0.3) is 11.1 Å². The van der Waals surface area contributed by atoms with Crippen molar-refractivity contribution in [3.05, 3.63) is 90.3 Å². The Labute approximate surface area is 155 Å². The first kappa shape index (κ1) is 17.0. The van der Waals surface area contributed by atoms with E-state index in [1.165, 1.54) is 16.7 Å². The molecule has 1 unspecified atom stereocenters. The number of nitrogens with zero attached hydrogens (tertiary/aromatic N) is 2. The van der Waals surface area contributed by atoms with Crippen molar-refractivity contribution < 1.29 is 0 Å². The minimum atomic E-state index is 0.372. The van der Waals surface area contributed by atoms with E-state index in [0.29, 0.717) is 6.04 Å². The van der Waals surface area contributed by atoms with Crippen LogP contribution < -0.4 is 5.32 Å². The third kappa shape index (κ3) is 4.01. The monoisotopic (exact) mass is 343 g/mol. The number of benzene rings is 2. The van der Waals surface area contributed by atoms with Crippen LogP contribution in [0, 0.1) is 0 Å². The smallest absolute Gasteiger partial charge is 0.0422 e. The van der Waals surface area contributed by atoms with Gasteiger partial charge in [0.25, 0.3) is 0 Å². The first-order chi connectivity index (χ1) is 12.9. The minimum Gasteiger partial charge on any atom is -0.314 e. The molecular weight excluding hydrogens is 318 g/mol. The lowest BCUT2D eigenvalue weighted by Crippen LogP contribution is -2.45. The van der Waals surface area contributed by atoms with Gasteiger partial charge in [-0.1, -0.05) is 60.7 Å². The van der Waals surface area contributed by atoms with Gasteiger partial charge in [0.05, 0.1) is 0 Å². The summed E-state index contributed by atoms with van der Waals surface area (Å²) in [5.74, 6) is 0. The summed E-state index contributed by atoms with van der Waals surface area (Å²) in [5, 5.41) is 3.46. The van der Waals surface area contributed by atoms with E-state index < -0.39 is 0 Å². The molecule has 3 heteroatoms. The van der Waals surface area contributed by atoms with Gasteiger partial charge < -0.3 is 5.32 Å². The Morgan fingerprint density at radius 2 is 1.50 bits per heavy atom. The zero-order valence-corrected chi connectivity index (χ0v) is 15.0. The van der Waals surface area contributed by atoms with Gasteiger partial charge in [0.15, 0.2) is 0 Å². The van der Waals surface area contributed by atoms with Crippen molar-refractivity contribution in [2.45, 2.75) is 12.5 Å². The van der Waals surface area contributed by atoms with Crippen molar-refractivity contribution in [3.8, 4) is 11.1 Å². The SMILES string of the molecule is c1ccc(-c2ccc(C(Cc3ccccn3)N3CCNCC3)cc2)cc1. The predicted molar refractivity (Wildman–Crippen MR) is 107 cm³/mol. The number of aromatic nitrogens is 1. The maximum absolute atomic E-state index is 4.56. The summed E-state index contributed by atoms with van der Waals surface area (Å²) >= 11 is 0. The Kier molecular flexibility index (Phi) is 5.38. The Morgan fingerprint density at radius 1 is 0.808 bits per heavy atom. The average Bonchev–Trinajstić information content (AvgIpc) is 2.74. The fourth-order valence-corrected chi connectivity index (χ4v) is 3.70. The van der Waals surface area contributed by atoms with Crippen molar-refractivity contribution in [2.24, 2.45) is 0 Å². The Bertz CT molecular complexity index is 794. The predicted octanol–water partition coefficient (Wildman–Crippen LogP) is 3.94. The Morgan fingerprint density at radius 3 is 2.19 bits per heavy atom. The van der Waals surface area contributed by atoms with E-state index in [-0.39, 0.29) is 0 Å². The normalized spacial score (nSPS) is 16.3. The second-order valence-electron chi connectivity index (χ2n) is 6.81. The molecule has 132 valence electrons. The topological polar surface area (TPSA) is 28.2 Å². The Balaban J connectivity index is 1.60. The van der Waals surface area contributed by atoms with E-state index in [0.717, 1.165) is 38.3 Å². The number of rotatable bonds is 5. The lowest BCUT2D eigenvalue weighted by molar-refractivity contribution is 0.171. The van der Waals surface area contributed by atoms with Gasteiger partial charge in [-0.25, -0.2) is 0 Å². The second-order valence-corrected chi connectivity index (χ2v) is 6.81. The molecule has 26 heavy (non-hydrogen) atoms. The third-order valence-electron chi connectivity index (χ3n) is 5.12. The number of piperazine rings is 1. The van der Waals surface area contributed by atoms with Gasteiger partial charge in [-0.3, -0.25) is 9.88 Å². The molecule has 0 radical (unpaired) electrons. The second kappa shape index (κ2) is 8.26. The fraction of sp³-hybridized carbons (Fsp3) is 0.261. The molecule has 1 N–H and O–H groups in total. The molecule has 1 fully saturated rings.